The summed E-state index contributed by atoms with van der Waals surface area (Å²) in [6.45, 7) is 0.238. The number of sulfonamides is 1. The first kappa shape index (κ1) is 23.1. The molecule has 0 radical (unpaired) electrons. The topological polar surface area (TPSA) is 88.9 Å². The molecule has 8 heteroatoms. The Labute approximate surface area is 198 Å². The van der Waals surface area contributed by atoms with Crippen molar-refractivity contribution in [2.45, 2.75) is 18.0 Å². The number of furan rings is 1. The third-order valence-corrected chi connectivity index (χ3v) is 7.01. The van der Waals surface area contributed by atoms with Crippen molar-refractivity contribution in [1.82, 2.24) is 5.32 Å². The van der Waals surface area contributed by atoms with Gasteiger partial charge >= 0.3 is 0 Å². The van der Waals surface area contributed by atoms with E-state index in [2.05, 4.69) is 5.32 Å². The minimum atomic E-state index is -4.01. The van der Waals surface area contributed by atoms with E-state index in [-0.39, 0.29) is 29.2 Å². The van der Waals surface area contributed by atoms with Crippen molar-refractivity contribution >= 4 is 21.6 Å². The molecule has 174 valence electrons. The number of ether oxygens (including phenoxy) is 1. The van der Waals surface area contributed by atoms with Crippen LogP contribution in [0, 0.1) is 0 Å². The Hall–Kier alpha value is -4.04. The molecule has 0 unspecified atom stereocenters. The third kappa shape index (κ3) is 5.13. The van der Waals surface area contributed by atoms with Crippen LogP contribution in [0.5, 0.6) is 5.75 Å². The zero-order chi connectivity index (χ0) is 24.0. The van der Waals surface area contributed by atoms with Crippen molar-refractivity contribution < 1.29 is 22.4 Å². The van der Waals surface area contributed by atoms with E-state index < -0.39 is 15.9 Å². The minimum Gasteiger partial charge on any atom is -0.497 e. The summed E-state index contributed by atoms with van der Waals surface area (Å²) in [5.74, 6) is 0.735. The molecule has 1 heterocycles. The van der Waals surface area contributed by atoms with Crippen LogP contribution in [0.3, 0.4) is 0 Å². The molecule has 0 bridgehead atoms. The van der Waals surface area contributed by atoms with Gasteiger partial charge in [0.25, 0.3) is 15.9 Å². The predicted octanol–water partition coefficient (Wildman–Crippen LogP) is 4.61. The fourth-order valence-corrected chi connectivity index (χ4v) is 4.95. The van der Waals surface area contributed by atoms with E-state index in [1.807, 2.05) is 30.3 Å². The van der Waals surface area contributed by atoms with E-state index in [1.54, 1.807) is 48.5 Å². The molecule has 0 saturated carbocycles. The molecule has 7 nitrogen and oxygen atoms in total. The van der Waals surface area contributed by atoms with Gasteiger partial charge in [-0.1, -0.05) is 42.5 Å². The van der Waals surface area contributed by atoms with Gasteiger partial charge in [0.2, 0.25) is 0 Å². The SMILES string of the molecule is COc1ccc(S(=O)(=O)N(Cc2ccccc2)c2ccccc2C(=O)NCc2ccco2)cc1. The summed E-state index contributed by atoms with van der Waals surface area (Å²) in [5, 5.41) is 2.80. The number of methoxy groups -OCH3 is 1. The zero-order valence-electron chi connectivity index (χ0n) is 18.5. The van der Waals surface area contributed by atoms with Crippen molar-refractivity contribution in [3.05, 3.63) is 114 Å². The monoisotopic (exact) mass is 476 g/mol. The van der Waals surface area contributed by atoms with Crippen LogP contribution in [0.2, 0.25) is 0 Å². The summed E-state index contributed by atoms with van der Waals surface area (Å²) in [7, 11) is -2.50. The minimum absolute atomic E-state index is 0.0533. The van der Waals surface area contributed by atoms with Gasteiger partial charge < -0.3 is 14.5 Å². The first-order valence-electron chi connectivity index (χ1n) is 10.6. The number of rotatable bonds is 9. The molecule has 34 heavy (non-hydrogen) atoms. The third-order valence-electron chi connectivity index (χ3n) is 5.24. The Morgan fingerprint density at radius 1 is 0.912 bits per heavy atom. The molecule has 0 spiro atoms. The lowest BCUT2D eigenvalue weighted by Crippen LogP contribution is -2.33. The Kier molecular flexibility index (Phi) is 6.98. The highest BCUT2D eigenvalue weighted by Crippen LogP contribution is 2.30. The van der Waals surface area contributed by atoms with E-state index >= 15 is 0 Å². The quantitative estimate of drug-likeness (QED) is 0.381. The molecule has 0 aliphatic rings. The Bertz CT molecular complexity index is 1340. The maximum absolute atomic E-state index is 13.8. The summed E-state index contributed by atoms with van der Waals surface area (Å²) < 4.78 is 39.3. The highest BCUT2D eigenvalue weighted by Gasteiger charge is 2.28. The molecule has 3 aromatic carbocycles. The molecule has 1 amide bonds. The van der Waals surface area contributed by atoms with Gasteiger partial charge in [0, 0.05) is 0 Å². The van der Waals surface area contributed by atoms with Crippen molar-refractivity contribution in [3.63, 3.8) is 0 Å². The molecule has 0 fully saturated rings. The Morgan fingerprint density at radius 2 is 1.62 bits per heavy atom. The first-order chi connectivity index (χ1) is 16.5. The van der Waals surface area contributed by atoms with Gasteiger partial charge in [0.15, 0.2) is 0 Å². The number of hydrogen-bond acceptors (Lipinski definition) is 5. The number of hydrogen-bond donors (Lipinski definition) is 1. The summed E-state index contributed by atoms with van der Waals surface area (Å²) in [6.07, 6.45) is 1.53. The molecule has 0 saturated heterocycles. The molecule has 0 aliphatic heterocycles. The second kappa shape index (κ2) is 10.3. The predicted molar refractivity (Wildman–Crippen MR) is 129 cm³/mol. The van der Waals surface area contributed by atoms with E-state index in [4.69, 9.17) is 9.15 Å². The standard InChI is InChI=1S/C26H24N2O5S/c1-32-21-13-15-23(16-14-21)34(30,31)28(19-20-8-3-2-4-9-20)25-12-6-5-11-24(25)26(29)27-18-22-10-7-17-33-22/h2-17H,18-19H2,1H3,(H,27,29). The average molecular weight is 477 g/mol. The summed E-state index contributed by atoms with van der Waals surface area (Å²) in [4.78, 5) is 13.2. The molecule has 4 rings (SSSR count). The highest BCUT2D eigenvalue weighted by molar-refractivity contribution is 7.92. The number of nitrogens with one attached hydrogen (secondary N) is 1. The number of amides is 1. The smallest absolute Gasteiger partial charge is 0.264 e. The van der Waals surface area contributed by atoms with Crippen LogP contribution in [-0.4, -0.2) is 21.4 Å². The fraction of sp³-hybridized carbons (Fsp3) is 0.115. The Balaban J connectivity index is 1.74. The van der Waals surface area contributed by atoms with E-state index in [0.29, 0.717) is 11.5 Å². The van der Waals surface area contributed by atoms with Crippen molar-refractivity contribution in [2.24, 2.45) is 0 Å². The molecular formula is C26H24N2O5S. The van der Waals surface area contributed by atoms with E-state index in [0.717, 1.165) is 5.56 Å². The van der Waals surface area contributed by atoms with Gasteiger partial charge in [-0.15, -0.1) is 0 Å². The van der Waals surface area contributed by atoms with Crippen LogP contribution in [0.25, 0.3) is 0 Å². The van der Waals surface area contributed by atoms with Gasteiger partial charge in [-0.25, -0.2) is 8.42 Å². The summed E-state index contributed by atoms with van der Waals surface area (Å²) in [5.41, 5.74) is 1.30. The van der Waals surface area contributed by atoms with Crippen molar-refractivity contribution in [2.75, 3.05) is 11.4 Å². The highest BCUT2D eigenvalue weighted by atomic mass is 32.2. The molecule has 4 aromatic rings. The van der Waals surface area contributed by atoms with Crippen molar-refractivity contribution in [1.29, 1.82) is 0 Å². The van der Waals surface area contributed by atoms with Crippen LogP contribution in [0.15, 0.2) is 107 Å². The number of nitrogens with zero attached hydrogens (tertiary/aromatic N) is 1. The van der Waals surface area contributed by atoms with Gasteiger partial charge in [0.1, 0.15) is 11.5 Å². The number of benzene rings is 3. The second-order valence-corrected chi connectivity index (χ2v) is 9.31. The molecule has 0 atom stereocenters. The first-order valence-corrected chi connectivity index (χ1v) is 12.0. The normalized spacial score (nSPS) is 11.1. The maximum Gasteiger partial charge on any atom is 0.264 e. The van der Waals surface area contributed by atoms with Crippen LogP contribution >= 0.6 is 0 Å². The largest absolute Gasteiger partial charge is 0.497 e. The van der Waals surface area contributed by atoms with Crippen LogP contribution < -0.4 is 14.4 Å². The number of para-hydroxylation sites is 1. The summed E-state index contributed by atoms with van der Waals surface area (Å²) >= 11 is 0. The lowest BCUT2D eigenvalue weighted by molar-refractivity contribution is 0.0948. The number of carbonyl (C=O) groups is 1. The number of carbonyl (C=O) groups excluding carboxylic acids is 1. The van der Waals surface area contributed by atoms with Crippen LogP contribution in [0.1, 0.15) is 21.7 Å². The van der Waals surface area contributed by atoms with Gasteiger partial charge in [-0.05, 0) is 54.1 Å². The second-order valence-electron chi connectivity index (χ2n) is 7.45. The zero-order valence-corrected chi connectivity index (χ0v) is 19.4. The van der Waals surface area contributed by atoms with Crippen molar-refractivity contribution in [3.8, 4) is 5.75 Å². The molecule has 1 N–H and O–H groups in total. The van der Waals surface area contributed by atoms with Crippen LogP contribution in [0.4, 0.5) is 5.69 Å². The lowest BCUT2D eigenvalue weighted by atomic mass is 10.1. The van der Waals surface area contributed by atoms with Gasteiger partial charge in [0.05, 0.1) is 42.6 Å². The number of anilines is 1. The van der Waals surface area contributed by atoms with E-state index in [9.17, 15) is 13.2 Å². The van der Waals surface area contributed by atoms with Gasteiger partial charge in [-0.2, -0.15) is 0 Å². The molecular weight excluding hydrogens is 452 g/mol. The summed E-state index contributed by atoms with van der Waals surface area (Å²) in [6, 6.07) is 25.5. The Morgan fingerprint density at radius 3 is 2.29 bits per heavy atom. The van der Waals surface area contributed by atoms with Crippen LogP contribution in [-0.2, 0) is 23.1 Å². The lowest BCUT2D eigenvalue weighted by Gasteiger charge is -2.26. The fourth-order valence-electron chi connectivity index (χ4n) is 3.48. The maximum atomic E-state index is 13.8. The molecule has 0 aliphatic carbocycles. The van der Waals surface area contributed by atoms with E-state index in [1.165, 1.54) is 29.8 Å². The molecule has 1 aromatic heterocycles. The van der Waals surface area contributed by atoms with Gasteiger partial charge in [-0.3, -0.25) is 9.10 Å². The average Bonchev–Trinajstić information content (AvgIpc) is 3.40.